The van der Waals surface area contributed by atoms with E-state index in [0.29, 0.717) is 0 Å². The van der Waals surface area contributed by atoms with Gasteiger partial charge in [0.1, 0.15) is 6.10 Å². The quantitative estimate of drug-likeness (QED) is 0.624. The van der Waals surface area contributed by atoms with Crippen molar-refractivity contribution in [2.24, 2.45) is 0 Å². The lowest BCUT2D eigenvalue weighted by Crippen LogP contribution is -2.38. The highest BCUT2D eigenvalue weighted by molar-refractivity contribution is 7.90. The molecule has 0 unspecified atom stereocenters. The summed E-state index contributed by atoms with van der Waals surface area (Å²) in [6, 6.07) is 4.96. The number of alkyl halides is 3. The molecule has 0 bridgehead atoms. The number of benzene rings is 1. The molecule has 0 saturated heterocycles. The summed E-state index contributed by atoms with van der Waals surface area (Å²) < 4.78 is 36.1. The molecule has 9 heteroatoms. The number of rotatable bonds is 5. The Morgan fingerprint density at radius 2 is 1.80 bits per heavy atom. The van der Waals surface area contributed by atoms with E-state index in [1.54, 1.807) is 5.32 Å². The normalized spacial score (nSPS) is 14.9. The summed E-state index contributed by atoms with van der Waals surface area (Å²) in [4.78, 5) is 9.65. The number of amides is 1. The highest BCUT2D eigenvalue weighted by Gasteiger charge is 2.24. The molecule has 0 radical (unpaired) electrons. The standard InChI is InChI=1S/C11H12Cl2FNO4S/c1-20(18,19)7-4-2-6(3-5-7)8(16)10(14)15-11(17)9(12)13/h2-5,8-10,16H,1H3,(H,15,17)/t8-,10+/m1/s1. The first-order valence-electron chi connectivity index (χ1n) is 5.33. The summed E-state index contributed by atoms with van der Waals surface area (Å²) in [7, 11) is -3.38. The minimum absolute atomic E-state index is 0.0366. The van der Waals surface area contributed by atoms with Gasteiger partial charge in [-0.15, -0.1) is 0 Å². The smallest absolute Gasteiger partial charge is 0.255 e. The van der Waals surface area contributed by atoms with Crippen LogP contribution in [0.3, 0.4) is 0 Å². The van der Waals surface area contributed by atoms with E-state index in [0.717, 1.165) is 6.26 Å². The summed E-state index contributed by atoms with van der Waals surface area (Å²) in [5, 5.41) is 11.5. The largest absolute Gasteiger partial charge is 0.383 e. The van der Waals surface area contributed by atoms with Crippen LogP contribution in [0, 0.1) is 0 Å². The third-order valence-electron chi connectivity index (χ3n) is 2.41. The van der Waals surface area contributed by atoms with E-state index in [1.807, 2.05) is 0 Å². The van der Waals surface area contributed by atoms with Crippen LogP contribution >= 0.6 is 23.2 Å². The molecule has 0 saturated carbocycles. The van der Waals surface area contributed by atoms with E-state index in [4.69, 9.17) is 23.2 Å². The van der Waals surface area contributed by atoms with Crippen molar-refractivity contribution in [1.29, 1.82) is 0 Å². The second-order valence-electron chi connectivity index (χ2n) is 4.00. The molecule has 20 heavy (non-hydrogen) atoms. The molecule has 1 aromatic rings. The van der Waals surface area contributed by atoms with Crippen molar-refractivity contribution < 1.29 is 22.7 Å². The fourth-order valence-corrected chi connectivity index (χ4v) is 2.12. The fraction of sp³-hybridized carbons (Fsp3) is 0.364. The Labute approximate surface area is 125 Å². The van der Waals surface area contributed by atoms with Crippen LogP contribution in [-0.4, -0.2) is 36.8 Å². The molecular formula is C11H12Cl2FNO4S. The van der Waals surface area contributed by atoms with Gasteiger partial charge in [0, 0.05) is 6.26 Å². The van der Waals surface area contributed by atoms with Crippen LogP contribution in [0.1, 0.15) is 11.7 Å². The first kappa shape index (κ1) is 17.2. The average molecular weight is 344 g/mol. The maximum absolute atomic E-state index is 13.6. The zero-order valence-corrected chi connectivity index (χ0v) is 12.6. The minimum Gasteiger partial charge on any atom is -0.383 e. The summed E-state index contributed by atoms with van der Waals surface area (Å²) in [5.41, 5.74) is 0.103. The van der Waals surface area contributed by atoms with Crippen molar-refractivity contribution in [3.8, 4) is 0 Å². The molecule has 0 aliphatic carbocycles. The van der Waals surface area contributed by atoms with Crippen LogP contribution in [0.4, 0.5) is 4.39 Å². The lowest BCUT2D eigenvalue weighted by molar-refractivity contribution is -0.122. The zero-order valence-electron chi connectivity index (χ0n) is 10.3. The molecule has 2 N–H and O–H groups in total. The summed E-state index contributed by atoms with van der Waals surface area (Å²) >= 11 is 10.5. The minimum atomic E-state index is -3.38. The third-order valence-corrected chi connectivity index (χ3v) is 3.93. The summed E-state index contributed by atoms with van der Waals surface area (Å²) in [6.45, 7) is 0. The van der Waals surface area contributed by atoms with Crippen molar-refractivity contribution in [3.63, 3.8) is 0 Å². The van der Waals surface area contributed by atoms with Crippen LogP contribution in [0.25, 0.3) is 0 Å². The predicted molar refractivity (Wildman–Crippen MR) is 73.0 cm³/mol. The molecule has 0 heterocycles. The van der Waals surface area contributed by atoms with E-state index in [2.05, 4.69) is 0 Å². The van der Waals surface area contributed by atoms with Gasteiger partial charge in [-0.05, 0) is 17.7 Å². The van der Waals surface area contributed by atoms with Crippen LogP contribution in [0.15, 0.2) is 29.2 Å². The van der Waals surface area contributed by atoms with Crippen molar-refractivity contribution in [2.45, 2.75) is 22.1 Å². The monoisotopic (exact) mass is 343 g/mol. The maximum atomic E-state index is 13.6. The Balaban J connectivity index is 2.82. The van der Waals surface area contributed by atoms with Gasteiger partial charge in [-0.2, -0.15) is 0 Å². The number of carbonyl (C=O) groups is 1. The van der Waals surface area contributed by atoms with Crippen LogP contribution in [-0.2, 0) is 14.6 Å². The highest BCUT2D eigenvalue weighted by atomic mass is 35.5. The number of aliphatic hydroxyl groups excluding tert-OH is 1. The number of hydrogen-bond donors (Lipinski definition) is 2. The van der Waals surface area contributed by atoms with Crippen molar-refractivity contribution in [2.75, 3.05) is 6.26 Å². The van der Waals surface area contributed by atoms with E-state index in [-0.39, 0.29) is 10.5 Å². The van der Waals surface area contributed by atoms with Gasteiger partial charge in [-0.3, -0.25) is 4.79 Å². The van der Waals surface area contributed by atoms with Crippen molar-refractivity contribution >= 4 is 38.9 Å². The molecule has 1 aromatic carbocycles. The molecule has 0 aromatic heterocycles. The predicted octanol–water partition coefficient (Wildman–Crippen LogP) is 1.34. The number of hydrogen-bond acceptors (Lipinski definition) is 4. The lowest BCUT2D eigenvalue weighted by Gasteiger charge is -2.17. The molecule has 5 nitrogen and oxygen atoms in total. The Hall–Kier alpha value is -0.890. The molecule has 2 atom stereocenters. The van der Waals surface area contributed by atoms with Crippen LogP contribution < -0.4 is 5.32 Å². The molecular weight excluding hydrogens is 332 g/mol. The molecule has 0 aliphatic heterocycles. The van der Waals surface area contributed by atoms with Gasteiger partial charge in [0.05, 0.1) is 4.90 Å². The second-order valence-corrected chi connectivity index (χ2v) is 7.11. The molecule has 112 valence electrons. The summed E-state index contributed by atoms with van der Waals surface area (Å²) in [5.74, 6) is -0.979. The Morgan fingerprint density at radius 1 is 1.30 bits per heavy atom. The van der Waals surface area contributed by atoms with E-state index < -0.39 is 33.0 Å². The highest BCUT2D eigenvalue weighted by Crippen LogP contribution is 2.20. The first-order valence-corrected chi connectivity index (χ1v) is 8.10. The third kappa shape index (κ3) is 4.59. The van der Waals surface area contributed by atoms with Gasteiger partial charge in [-0.1, -0.05) is 35.3 Å². The van der Waals surface area contributed by atoms with Gasteiger partial charge >= 0.3 is 0 Å². The number of carbonyl (C=O) groups excluding carboxylic acids is 1. The first-order chi connectivity index (χ1) is 9.12. The van der Waals surface area contributed by atoms with E-state index in [9.17, 15) is 22.7 Å². The van der Waals surface area contributed by atoms with Gasteiger partial charge in [-0.25, -0.2) is 12.8 Å². The number of aliphatic hydroxyl groups is 1. The zero-order chi connectivity index (χ0) is 15.5. The van der Waals surface area contributed by atoms with Gasteiger partial charge in [0.25, 0.3) is 5.91 Å². The summed E-state index contributed by atoms with van der Waals surface area (Å²) in [6.07, 6.45) is -2.76. The Morgan fingerprint density at radius 3 is 2.20 bits per heavy atom. The lowest BCUT2D eigenvalue weighted by atomic mass is 10.1. The van der Waals surface area contributed by atoms with Crippen LogP contribution in [0.5, 0.6) is 0 Å². The second kappa shape index (κ2) is 6.71. The van der Waals surface area contributed by atoms with Gasteiger partial charge < -0.3 is 10.4 Å². The average Bonchev–Trinajstić information content (AvgIpc) is 2.36. The maximum Gasteiger partial charge on any atom is 0.255 e. The molecule has 0 fully saturated rings. The Kier molecular flexibility index (Phi) is 5.76. The van der Waals surface area contributed by atoms with Crippen molar-refractivity contribution in [3.05, 3.63) is 29.8 Å². The molecule has 0 aliphatic rings. The Bertz CT molecular complexity index is 577. The van der Waals surface area contributed by atoms with Gasteiger partial charge in [0.15, 0.2) is 14.7 Å². The molecule has 1 amide bonds. The molecule has 1 rings (SSSR count). The number of nitrogens with one attached hydrogen (secondary N) is 1. The topological polar surface area (TPSA) is 83.5 Å². The fourth-order valence-electron chi connectivity index (χ4n) is 1.36. The van der Waals surface area contributed by atoms with E-state index >= 15 is 0 Å². The van der Waals surface area contributed by atoms with Crippen molar-refractivity contribution in [1.82, 2.24) is 5.32 Å². The number of sulfone groups is 1. The van der Waals surface area contributed by atoms with Gasteiger partial charge in [0.2, 0.25) is 6.30 Å². The SMILES string of the molecule is CS(=O)(=O)c1ccc([C@@H](O)[C@@H](F)NC(=O)C(Cl)Cl)cc1. The van der Waals surface area contributed by atoms with E-state index in [1.165, 1.54) is 24.3 Å². The number of halogens is 3. The molecule has 0 spiro atoms. The van der Waals surface area contributed by atoms with Crippen LogP contribution in [0.2, 0.25) is 0 Å².